The number of hydrogen-bond acceptors (Lipinski definition) is 5. The minimum absolute atomic E-state index is 0.0907. The number of rotatable bonds is 6. The number of ether oxygens (including phenoxy) is 2. The van der Waals surface area contributed by atoms with E-state index in [9.17, 15) is 0 Å². The Bertz CT molecular complexity index is 1460. The Morgan fingerprint density at radius 3 is 2.41 bits per heavy atom. The minimum atomic E-state index is -0.109. The van der Waals surface area contributed by atoms with Gasteiger partial charge in [-0.15, -0.1) is 0 Å². The van der Waals surface area contributed by atoms with Crippen LogP contribution in [0.15, 0.2) is 79.0 Å². The predicted molar refractivity (Wildman–Crippen MR) is 159 cm³/mol. The molecule has 7 nitrogen and oxygen atoms in total. The van der Waals surface area contributed by atoms with Gasteiger partial charge in [-0.25, -0.2) is 0 Å². The van der Waals surface area contributed by atoms with E-state index < -0.39 is 0 Å². The van der Waals surface area contributed by atoms with Crippen LogP contribution in [0.3, 0.4) is 0 Å². The van der Waals surface area contributed by atoms with Crippen LogP contribution in [-0.4, -0.2) is 48.1 Å². The van der Waals surface area contributed by atoms with Crippen LogP contribution in [0.5, 0.6) is 5.75 Å². The fourth-order valence-corrected chi connectivity index (χ4v) is 6.17. The van der Waals surface area contributed by atoms with Gasteiger partial charge >= 0.3 is 0 Å². The molecule has 4 aromatic rings. The number of pyridine rings is 1. The van der Waals surface area contributed by atoms with Crippen LogP contribution in [0, 0.1) is 13.8 Å². The van der Waals surface area contributed by atoms with E-state index in [1.165, 1.54) is 22.6 Å². The average molecular weight is 540 g/mol. The first-order chi connectivity index (χ1) is 19.0. The first-order valence-electron chi connectivity index (χ1n) is 13.3. The second-order valence-corrected chi connectivity index (χ2v) is 10.4. The lowest BCUT2D eigenvalue weighted by molar-refractivity contribution is 0.122. The van der Waals surface area contributed by atoms with Crippen molar-refractivity contribution in [2.45, 2.75) is 25.9 Å². The van der Waals surface area contributed by atoms with E-state index in [-0.39, 0.29) is 12.1 Å². The second-order valence-electron chi connectivity index (χ2n) is 9.98. The molecule has 2 aromatic heterocycles. The maximum atomic E-state index is 5.93. The molecule has 0 spiro atoms. The lowest BCUT2D eigenvalue weighted by atomic mass is 9.96. The summed E-state index contributed by atoms with van der Waals surface area (Å²) in [6.07, 6.45) is 1.84. The van der Waals surface area contributed by atoms with Gasteiger partial charge in [-0.2, -0.15) is 0 Å². The van der Waals surface area contributed by atoms with Gasteiger partial charge in [0.2, 0.25) is 0 Å². The zero-order chi connectivity index (χ0) is 26.9. The van der Waals surface area contributed by atoms with E-state index >= 15 is 0 Å². The Kier molecular flexibility index (Phi) is 6.97. The number of morpholine rings is 1. The monoisotopic (exact) mass is 539 g/mol. The highest BCUT2D eigenvalue weighted by Gasteiger charge is 2.42. The summed E-state index contributed by atoms with van der Waals surface area (Å²) in [4.78, 5) is 9.29. The Morgan fingerprint density at radius 2 is 1.69 bits per heavy atom. The Balaban J connectivity index is 1.42. The van der Waals surface area contributed by atoms with Gasteiger partial charge in [0.05, 0.1) is 38.1 Å². The number of hydrogen-bond donors (Lipinski definition) is 1. The number of nitrogens with zero attached hydrogens (tertiary/aromatic N) is 4. The molecular weight excluding hydrogens is 506 g/mol. The molecule has 2 aliphatic heterocycles. The fraction of sp³-hybridized carbons (Fsp3) is 0.290. The van der Waals surface area contributed by atoms with E-state index in [1.807, 2.05) is 36.5 Å². The van der Waals surface area contributed by atoms with Crippen molar-refractivity contribution in [1.82, 2.24) is 14.9 Å². The molecule has 2 aliphatic rings. The van der Waals surface area contributed by atoms with Crippen LogP contribution >= 0.6 is 12.2 Å². The number of aromatic nitrogens is 2. The number of benzene rings is 2. The lowest BCUT2D eigenvalue weighted by Gasteiger charge is -2.29. The van der Waals surface area contributed by atoms with Gasteiger partial charge in [0, 0.05) is 53.8 Å². The number of anilines is 2. The summed E-state index contributed by atoms with van der Waals surface area (Å²) in [6.45, 7) is 7.76. The first kappa shape index (κ1) is 25.4. The van der Waals surface area contributed by atoms with Crippen molar-refractivity contribution in [3.05, 3.63) is 102 Å². The van der Waals surface area contributed by atoms with E-state index in [1.54, 1.807) is 7.11 Å². The van der Waals surface area contributed by atoms with Crippen LogP contribution in [0.2, 0.25) is 0 Å². The molecule has 2 aromatic carbocycles. The van der Waals surface area contributed by atoms with E-state index in [0.29, 0.717) is 5.11 Å². The molecule has 2 atom stereocenters. The van der Waals surface area contributed by atoms with E-state index in [2.05, 4.69) is 76.0 Å². The molecule has 1 N–H and O–H groups in total. The third kappa shape index (κ3) is 4.75. The molecule has 2 fully saturated rings. The Labute approximate surface area is 235 Å². The maximum Gasteiger partial charge on any atom is 0.174 e. The maximum absolute atomic E-state index is 5.93. The molecule has 2 unspecified atom stereocenters. The van der Waals surface area contributed by atoms with Crippen molar-refractivity contribution in [3.63, 3.8) is 0 Å². The molecule has 200 valence electrons. The molecule has 2 saturated heterocycles. The summed E-state index contributed by atoms with van der Waals surface area (Å²) in [5, 5.41) is 4.24. The Hall–Kier alpha value is -3.88. The SMILES string of the molecule is COc1cccc(N2C(=S)NC(c3ccccn3)C2c2cc(C)n(-c3ccc(N4CCOCC4)cc3)c2C)c1. The summed E-state index contributed by atoms with van der Waals surface area (Å²) in [5.41, 5.74) is 7.86. The normalized spacial score (nSPS) is 19.3. The number of thiocarbonyl (C=S) groups is 1. The zero-order valence-electron chi connectivity index (χ0n) is 22.5. The summed E-state index contributed by atoms with van der Waals surface area (Å²) in [5.74, 6) is 0.793. The van der Waals surface area contributed by atoms with Gasteiger partial charge in [-0.05, 0) is 86.2 Å². The topological polar surface area (TPSA) is 54.8 Å². The van der Waals surface area contributed by atoms with Crippen molar-refractivity contribution in [2.24, 2.45) is 0 Å². The summed E-state index contributed by atoms with van der Waals surface area (Å²) in [7, 11) is 1.69. The number of methoxy groups -OCH3 is 1. The van der Waals surface area contributed by atoms with Crippen molar-refractivity contribution >= 4 is 28.7 Å². The summed E-state index contributed by atoms with van der Waals surface area (Å²) >= 11 is 5.93. The lowest BCUT2D eigenvalue weighted by Crippen LogP contribution is -2.36. The molecule has 0 saturated carbocycles. The molecule has 8 heteroatoms. The highest BCUT2D eigenvalue weighted by molar-refractivity contribution is 7.80. The van der Waals surface area contributed by atoms with Crippen LogP contribution in [0.4, 0.5) is 11.4 Å². The fourth-order valence-electron chi connectivity index (χ4n) is 5.83. The quantitative estimate of drug-likeness (QED) is 0.324. The highest BCUT2D eigenvalue weighted by atomic mass is 32.1. The highest BCUT2D eigenvalue weighted by Crippen LogP contribution is 2.44. The molecule has 0 aliphatic carbocycles. The van der Waals surface area contributed by atoms with Gasteiger partial charge in [0.25, 0.3) is 0 Å². The molecule has 0 radical (unpaired) electrons. The third-order valence-corrected chi connectivity index (χ3v) is 8.02. The van der Waals surface area contributed by atoms with Crippen molar-refractivity contribution in [1.29, 1.82) is 0 Å². The van der Waals surface area contributed by atoms with Crippen LogP contribution < -0.4 is 19.9 Å². The molecule has 0 amide bonds. The van der Waals surface area contributed by atoms with Gasteiger partial charge in [-0.3, -0.25) is 4.98 Å². The number of aryl methyl sites for hydroxylation is 1. The Morgan fingerprint density at radius 1 is 0.923 bits per heavy atom. The van der Waals surface area contributed by atoms with Gasteiger partial charge in [0.1, 0.15) is 5.75 Å². The summed E-state index contributed by atoms with van der Waals surface area (Å²) < 4.78 is 13.4. The van der Waals surface area contributed by atoms with Crippen LogP contribution in [-0.2, 0) is 4.74 Å². The number of nitrogens with one attached hydrogen (secondary N) is 1. The third-order valence-electron chi connectivity index (χ3n) is 7.70. The van der Waals surface area contributed by atoms with E-state index in [0.717, 1.165) is 49.1 Å². The van der Waals surface area contributed by atoms with Gasteiger partial charge in [-0.1, -0.05) is 12.1 Å². The second kappa shape index (κ2) is 10.7. The largest absolute Gasteiger partial charge is 0.497 e. The first-order valence-corrected chi connectivity index (χ1v) is 13.7. The van der Waals surface area contributed by atoms with Crippen LogP contribution in [0.25, 0.3) is 5.69 Å². The molecule has 6 rings (SSSR count). The zero-order valence-corrected chi connectivity index (χ0v) is 23.3. The van der Waals surface area contributed by atoms with Gasteiger partial charge in [0.15, 0.2) is 5.11 Å². The van der Waals surface area contributed by atoms with Crippen molar-refractivity contribution in [3.8, 4) is 11.4 Å². The molecule has 0 bridgehead atoms. The van der Waals surface area contributed by atoms with Crippen molar-refractivity contribution < 1.29 is 9.47 Å². The molecule has 39 heavy (non-hydrogen) atoms. The van der Waals surface area contributed by atoms with Crippen molar-refractivity contribution in [2.75, 3.05) is 43.2 Å². The predicted octanol–water partition coefficient (Wildman–Crippen LogP) is 5.51. The minimum Gasteiger partial charge on any atom is -0.497 e. The average Bonchev–Trinajstić information content (AvgIpc) is 3.48. The van der Waals surface area contributed by atoms with Crippen LogP contribution in [0.1, 0.15) is 34.7 Å². The van der Waals surface area contributed by atoms with E-state index in [4.69, 9.17) is 26.7 Å². The van der Waals surface area contributed by atoms with Gasteiger partial charge < -0.3 is 29.2 Å². The summed E-state index contributed by atoms with van der Waals surface area (Å²) in [6, 6.07) is 25.0. The molecule has 4 heterocycles. The smallest absolute Gasteiger partial charge is 0.174 e. The molecular formula is C31H33N5O2S. The standard InChI is InChI=1S/C31H33N5O2S/c1-21-19-27(22(2)35(21)24-12-10-23(11-13-24)34-15-17-38-18-16-34)30-29(28-9-4-5-14-32-28)33-31(39)36(30)25-7-6-8-26(20-25)37-3/h4-14,19-20,29-30H,15-18H2,1-3H3,(H,33,39).